The van der Waals surface area contributed by atoms with Gasteiger partial charge in [-0.1, -0.05) is 54.6 Å². The number of carbonyl (C=O) groups is 2. The lowest BCUT2D eigenvalue weighted by molar-refractivity contribution is -0.153. The van der Waals surface area contributed by atoms with Crippen LogP contribution in [0, 0.1) is 0 Å². The van der Waals surface area contributed by atoms with Crippen LogP contribution in [0.4, 0.5) is 5.69 Å². The van der Waals surface area contributed by atoms with Gasteiger partial charge in [0.05, 0.1) is 0 Å². The van der Waals surface area contributed by atoms with Crippen molar-refractivity contribution >= 4 is 17.6 Å². The molecule has 28 heavy (non-hydrogen) atoms. The van der Waals surface area contributed by atoms with Crippen LogP contribution in [0.1, 0.15) is 24.0 Å². The van der Waals surface area contributed by atoms with Crippen molar-refractivity contribution in [3.05, 3.63) is 90.0 Å². The normalized spacial score (nSPS) is 13.5. The van der Waals surface area contributed by atoms with E-state index >= 15 is 0 Å². The minimum Gasteiger partial charge on any atom is -0.457 e. The number of para-hydroxylation sites is 3. The maximum atomic E-state index is 13.0. The van der Waals surface area contributed by atoms with Gasteiger partial charge in [0.1, 0.15) is 17.4 Å². The second-order valence-electron chi connectivity index (χ2n) is 6.55. The van der Waals surface area contributed by atoms with E-state index in [1.165, 1.54) is 0 Å². The van der Waals surface area contributed by atoms with Crippen molar-refractivity contribution in [1.82, 2.24) is 0 Å². The molecule has 1 aliphatic rings. The van der Waals surface area contributed by atoms with Crippen LogP contribution < -0.4 is 10.1 Å². The topological polar surface area (TPSA) is 64.6 Å². The number of hydrogen-bond donors (Lipinski definition) is 1. The third-order valence-corrected chi connectivity index (χ3v) is 4.62. The predicted octanol–water partition coefficient (Wildman–Crippen LogP) is 4.49. The molecule has 1 heterocycles. The molecule has 1 aliphatic heterocycles. The molecule has 0 saturated heterocycles. The van der Waals surface area contributed by atoms with E-state index in [0.717, 1.165) is 11.1 Å². The Labute approximate surface area is 162 Å². The molecule has 140 valence electrons. The smallest absolute Gasteiger partial charge is 0.318 e. The molecule has 5 heteroatoms. The van der Waals surface area contributed by atoms with Gasteiger partial charge in [-0.2, -0.15) is 0 Å². The summed E-state index contributed by atoms with van der Waals surface area (Å²) in [4.78, 5) is 25.4. The number of ether oxygens (including phenoxy) is 2. The molecule has 0 radical (unpaired) electrons. The molecule has 3 aromatic rings. The zero-order valence-electron chi connectivity index (χ0n) is 15.3. The molecule has 0 saturated carbocycles. The molecule has 1 atom stereocenters. The highest BCUT2D eigenvalue weighted by atomic mass is 16.5. The Morgan fingerprint density at radius 2 is 1.39 bits per heavy atom. The summed E-state index contributed by atoms with van der Waals surface area (Å²) in [6, 6.07) is 23.8. The molecule has 0 aliphatic carbocycles. The maximum Gasteiger partial charge on any atom is 0.318 e. The molecule has 1 N–H and O–H groups in total. The van der Waals surface area contributed by atoms with E-state index in [2.05, 4.69) is 5.32 Å². The number of fused-ring (bicyclic) bond motifs is 2. The fourth-order valence-corrected chi connectivity index (χ4v) is 3.23. The molecular weight excluding hydrogens is 354 g/mol. The summed E-state index contributed by atoms with van der Waals surface area (Å²) in [5, 5.41) is 2.75. The standard InChI is InChI=1S/C23H19NO4/c1-15(22(25)24-16-9-3-2-4-10-16)27-23(26)21-17-11-5-7-13-19(17)28-20-14-8-6-12-18(20)21/h2-15,21H,1H3,(H,24,25). The molecule has 1 unspecified atom stereocenters. The summed E-state index contributed by atoms with van der Waals surface area (Å²) in [6.07, 6.45) is -0.935. The largest absolute Gasteiger partial charge is 0.457 e. The average Bonchev–Trinajstić information content (AvgIpc) is 2.72. The second kappa shape index (κ2) is 7.56. The van der Waals surface area contributed by atoms with Gasteiger partial charge in [-0.25, -0.2) is 0 Å². The lowest BCUT2D eigenvalue weighted by Gasteiger charge is -2.27. The zero-order valence-corrected chi connectivity index (χ0v) is 15.3. The van der Waals surface area contributed by atoms with Crippen LogP contribution in [0.5, 0.6) is 11.5 Å². The second-order valence-corrected chi connectivity index (χ2v) is 6.55. The monoisotopic (exact) mass is 373 g/mol. The summed E-state index contributed by atoms with van der Waals surface area (Å²) in [5.41, 5.74) is 2.10. The van der Waals surface area contributed by atoms with E-state index in [0.29, 0.717) is 17.2 Å². The molecule has 0 bridgehead atoms. The van der Waals surface area contributed by atoms with Crippen molar-refractivity contribution in [2.75, 3.05) is 5.32 Å². The average molecular weight is 373 g/mol. The number of hydrogen-bond acceptors (Lipinski definition) is 4. The van der Waals surface area contributed by atoms with Gasteiger partial charge in [-0.3, -0.25) is 9.59 Å². The Hall–Kier alpha value is -3.60. The van der Waals surface area contributed by atoms with Crippen molar-refractivity contribution in [3.8, 4) is 11.5 Å². The lowest BCUT2D eigenvalue weighted by Crippen LogP contribution is -2.32. The van der Waals surface area contributed by atoms with Gasteiger partial charge in [-0.05, 0) is 31.2 Å². The van der Waals surface area contributed by atoms with Crippen LogP contribution in [0.15, 0.2) is 78.9 Å². The summed E-state index contributed by atoms with van der Waals surface area (Å²) in [5.74, 6) is -0.283. The summed E-state index contributed by atoms with van der Waals surface area (Å²) in [7, 11) is 0. The number of nitrogens with one attached hydrogen (secondary N) is 1. The van der Waals surface area contributed by atoms with Gasteiger partial charge in [0.25, 0.3) is 5.91 Å². The maximum absolute atomic E-state index is 13.0. The van der Waals surface area contributed by atoms with E-state index in [4.69, 9.17) is 9.47 Å². The highest BCUT2D eigenvalue weighted by Gasteiger charge is 2.35. The van der Waals surface area contributed by atoms with Crippen molar-refractivity contribution in [2.24, 2.45) is 0 Å². The highest BCUT2D eigenvalue weighted by molar-refractivity contribution is 5.96. The number of rotatable bonds is 4. The number of amides is 1. The third-order valence-electron chi connectivity index (χ3n) is 4.62. The van der Waals surface area contributed by atoms with Crippen LogP contribution in [0.25, 0.3) is 0 Å². The quantitative estimate of drug-likeness (QED) is 0.684. The first kappa shape index (κ1) is 17.8. The number of anilines is 1. The first-order valence-electron chi connectivity index (χ1n) is 9.05. The Morgan fingerprint density at radius 3 is 2.00 bits per heavy atom. The van der Waals surface area contributed by atoms with Gasteiger partial charge in [0.2, 0.25) is 0 Å². The minimum absolute atomic E-state index is 0.381. The first-order valence-corrected chi connectivity index (χ1v) is 9.05. The van der Waals surface area contributed by atoms with Crippen LogP contribution in [-0.4, -0.2) is 18.0 Å². The molecular formula is C23H19NO4. The Bertz CT molecular complexity index is 970. The van der Waals surface area contributed by atoms with E-state index in [-0.39, 0.29) is 5.91 Å². The Balaban J connectivity index is 1.55. The lowest BCUT2D eigenvalue weighted by atomic mass is 9.88. The SMILES string of the molecule is CC(OC(=O)C1c2ccccc2Oc2ccccc21)C(=O)Nc1ccccc1. The third kappa shape index (κ3) is 3.47. The Morgan fingerprint density at radius 1 is 0.857 bits per heavy atom. The summed E-state index contributed by atoms with van der Waals surface area (Å²) in [6.45, 7) is 1.56. The fourth-order valence-electron chi connectivity index (χ4n) is 3.23. The first-order chi connectivity index (χ1) is 13.6. The van der Waals surface area contributed by atoms with Gasteiger partial charge in [0, 0.05) is 16.8 Å². The molecule has 0 fully saturated rings. The zero-order chi connectivity index (χ0) is 19.5. The fraction of sp³-hybridized carbons (Fsp3) is 0.130. The Kier molecular flexibility index (Phi) is 4.81. The van der Waals surface area contributed by atoms with Crippen molar-refractivity contribution in [2.45, 2.75) is 18.9 Å². The highest BCUT2D eigenvalue weighted by Crippen LogP contribution is 2.44. The van der Waals surface area contributed by atoms with E-state index in [1.807, 2.05) is 66.7 Å². The van der Waals surface area contributed by atoms with Crippen LogP contribution in [0.3, 0.4) is 0 Å². The number of benzene rings is 3. The van der Waals surface area contributed by atoms with Crippen LogP contribution in [-0.2, 0) is 14.3 Å². The molecule has 0 aromatic heterocycles. The summed E-state index contributed by atoms with van der Waals surface area (Å²) >= 11 is 0. The van der Waals surface area contributed by atoms with Gasteiger partial charge >= 0.3 is 5.97 Å². The molecule has 1 amide bonds. The number of carbonyl (C=O) groups excluding carboxylic acids is 2. The van der Waals surface area contributed by atoms with Crippen molar-refractivity contribution < 1.29 is 19.1 Å². The van der Waals surface area contributed by atoms with E-state index < -0.39 is 18.0 Å². The van der Waals surface area contributed by atoms with Crippen LogP contribution in [0.2, 0.25) is 0 Å². The van der Waals surface area contributed by atoms with Gasteiger partial charge in [-0.15, -0.1) is 0 Å². The predicted molar refractivity (Wildman–Crippen MR) is 105 cm³/mol. The van der Waals surface area contributed by atoms with E-state index in [9.17, 15) is 9.59 Å². The molecule has 4 rings (SSSR count). The van der Waals surface area contributed by atoms with Crippen molar-refractivity contribution in [3.63, 3.8) is 0 Å². The molecule has 3 aromatic carbocycles. The van der Waals surface area contributed by atoms with Gasteiger partial charge < -0.3 is 14.8 Å². The van der Waals surface area contributed by atoms with Crippen LogP contribution >= 0.6 is 0 Å². The molecule has 5 nitrogen and oxygen atoms in total. The number of esters is 1. The van der Waals surface area contributed by atoms with Crippen molar-refractivity contribution in [1.29, 1.82) is 0 Å². The summed E-state index contributed by atoms with van der Waals surface area (Å²) < 4.78 is 11.4. The van der Waals surface area contributed by atoms with Gasteiger partial charge in [0.15, 0.2) is 6.10 Å². The minimum atomic E-state index is -0.935. The molecule has 0 spiro atoms. The van der Waals surface area contributed by atoms with E-state index in [1.54, 1.807) is 19.1 Å².